The molecule has 2 heterocycles. The van der Waals surface area contributed by atoms with Crippen molar-refractivity contribution in [2.24, 2.45) is 10.5 Å². The van der Waals surface area contributed by atoms with E-state index in [9.17, 15) is 13.6 Å². The number of halogens is 4. The third kappa shape index (κ3) is 3.08. The first-order chi connectivity index (χ1) is 9.90. The number of amides is 1. The fourth-order valence-corrected chi connectivity index (χ4v) is 2.58. The van der Waals surface area contributed by atoms with E-state index >= 15 is 0 Å². The molecular weight excluding hydrogens is 368 g/mol. The minimum absolute atomic E-state index is 0.441. The van der Waals surface area contributed by atoms with Crippen LogP contribution in [0.5, 0.6) is 0 Å². The van der Waals surface area contributed by atoms with Crippen molar-refractivity contribution < 1.29 is 13.6 Å². The van der Waals surface area contributed by atoms with Gasteiger partial charge in [-0.3, -0.25) is 9.78 Å². The number of rotatable bonds is 4. The van der Waals surface area contributed by atoms with Gasteiger partial charge in [0.25, 0.3) is 12.3 Å². The summed E-state index contributed by atoms with van der Waals surface area (Å²) in [5.74, 6) is -1.26. The maximum atomic E-state index is 13.2. The van der Waals surface area contributed by atoms with Gasteiger partial charge in [0.1, 0.15) is 5.41 Å². The summed E-state index contributed by atoms with van der Waals surface area (Å²) in [6.45, 7) is 1.15. The predicted octanol–water partition coefficient (Wildman–Crippen LogP) is 3.61. The average Bonchev–Trinajstić information content (AvgIpc) is 2.94. The van der Waals surface area contributed by atoms with Crippen LogP contribution in [0.3, 0.4) is 0 Å². The van der Waals surface area contributed by atoms with E-state index in [1.807, 2.05) is 0 Å². The third-order valence-electron chi connectivity index (χ3n) is 3.40. The van der Waals surface area contributed by atoms with E-state index in [1.165, 1.54) is 6.21 Å². The molecule has 1 aliphatic heterocycles. The molecule has 0 radical (unpaired) electrons. The van der Waals surface area contributed by atoms with Crippen LogP contribution in [-0.2, 0) is 4.79 Å². The topological polar surface area (TPSA) is 45.6 Å². The highest BCUT2D eigenvalue weighted by atomic mass is 79.9. The first kappa shape index (κ1) is 16.3. The summed E-state index contributed by atoms with van der Waals surface area (Å²) in [5, 5.41) is 5.02. The molecule has 2 unspecified atom stereocenters. The minimum Gasteiger partial charge on any atom is -0.272 e. The first-order valence-electron chi connectivity index (χ1n) is 6.21. The number of hydrazone groups is 1. The molecule has 21 heavy (non-hydrogen) atoms. The van der Waals surface area contributed by atoms with Gasteiger partial charge in [-0.15, -0.1) is 11.6 Å². The fourth-order valence-electron chi connectivity index (χ4n) is 1.97. The number of aromatic nitrogens is 1. The van der Waals surface area contributed by atoms with Crippen molar-refractivity contribution in [2.75, 3.05) is 5.88 Å². The highest BCUT2D eigenvalue weighted by molar-refractivity contribution is 9.10. The molecule has 0 fully saturated rings. The van der Waals surface area contributed by atoms with Crippen LogP contribution in [0.1, 0.15) is 24.9 Å². The van der Waals surface area contributed by atoms with E-state index in [-0.39, 0.29) is 0 Å². The summed E-state index contributed by atoms with van der Waals surface area (Å²) in [5.41, 5.74) is -1.23. The molecule has 1 aromatic rings. The van der Waals surface area contributed by atoms with Crippen LogP contribution in [0.15, 0.2) is 28.0 Å². The van der Waals surface area contributed by atoms with E-state index in [1.54, 1.807) is 18.5 Å². The molecule has 8 heteroatoms. The normalized spacial score (nSPS) is 20.9. The SMILES string of the molecule is CC(CCl)(C(=O)N1N=CCC1c1cncc(Br)c1)C(F)F. The Kier molecular flexibility index (Phi) is 4.93. The molecule has 4 nitrogen and oxygen atoms in total. The van der Waals surface area contributed by atoms with Gasteiger partial charge < -0.3 is 0 Å². The van der Waals surface area contributed by atoms with Gasteiger partial charge in [-0.1, -0.05) is 0 Å². The molecule has 0 saturated carbocycles. The lowest BCUT2D eigenvalue weighted by Gasteiger charge is -2.31. The van der Waals surface area contributed by atoms with Crippen molar-refractivity contribution in [3.8, 4) is 0 Å². The van der Waals surface area contributed by atoms with Crippen LogP contribution >= 0.6 is 27.5 Å². The summed E-state index contributed by atoms with van der Waals surface area (Å²) in [7, 11) is 0. The van der Waals surface area contributed by atoms with Crippen LogP contribution in [0.2, 0.25) is 0 Å². The summed E-state index contributed by atoms with van der Waals surface area (Å²) in [6.07, 6.45) is 2.31. The van der Waals surface area contributed by atoms with Crippen molar-refractivity contribution >= 4 is 39.7 Å². The Labute approximate surface area is 134 Å². The van der Waals surface area contributed by atoms with Gasteiger partial charge in [0.05, 0.1) is 6.04 Å². The molecule has 0 saturated heterocycles. The van der Waals surface area contributed by atoms with E-state index in [0.29, 0.717) is 6.42 Å². The predicted molar refractivity (Wildman–Crippen MR) is 79.5 cm³/mol. The molecule has 2 atom stereocenters. The van der Waals surface area contributed by atoms with Crippen LogP contribution in [0, 0.1) is 5.41 Å². The quantitative estimate of drug-likeness (QED) is 0.749. The monoisotopic (exact) mass is 379 g/mol. The Morgan fingerprint density at radius 1 is 1.62 bits per heavy atom. The molecule has 114 valence electrons. The second-order valence-electron chi connectivity index (χ2n) is 4.99. The van der Waals surface area contributed by atoms with E-state index < -0.39 is 29.7 Å². The zero-order chi connectivity index (χ0) is 15.6. The number of hydrogen-bond acceptors (Lipinski definition) is 3. The number of pyridine rings is 1. The van der Waals surface area contributed by atoms with Crippen LogP contribution in [-0.4, -0.2) is 34.4 Å². The fraction of sp³-hybridized carbons (Fsp3) is 0.462. The van der Waals surface area contributed by atoms with Gasteiger partial charge in [-0.05, 0) is 34.5 Å². The van der Waals surface area contributed by atoms with Crippen LogP contribution < -0.4 is 0 Å². The number of alkyl halides is 3. The zero-order valence-corrected chi connectivity index (χ0v) is 13.5. The Hall–Kier alpha value is -1.08. The number of carbonyl (C=O) groups is 1. The summed E-state index contributed by atoms with van der Waals surface area (Å²) < 4.78 is 27.1. The van der Waals surface area contributed by atoms with E-state index in [0.717, 1.165) is 22.0 Å². The lowest BCUT2D eigenvalue weighted by molar-refractivity contribution is -0.150. The average molecular weight is 381 g/mol. The Morgan fingerprint density at radius 2 is 2.33 bits per heavy atom. The second-order valence-corrected chi connectivity index (χ2v) is 6.17. The molecular formula is C13H13BrClF2N3O. The number of nitrogens with zero attached hydrogens (tertiary/aromatic N) is 3. The third-order valence-corrected chi connectivity index (χ3v) is 4.39. The maximum Gasteiger partial charge on any atom is 0.256 e. The molecule has 1 aromatic heterocycles. The van der Waals surface area contributed by atoms with E-state index in [2.05, 4.69) is 26.0 Å². The number of hydrogen-bond donors (Lipinski definition) is 0. The lowest BCUT2D eigenvalue weighted by Crippen LogP contribution is -2.45. The lowest BCUT2D eigenvalue weighted by atomic mass is 9.91. The molecule has 0 N–H and O–H groups in total. The molecule has 1 amide bonds. The van der Waals surface area contributed by atoms with Crippen molar-refractivity contribution in [3.05, 3.63) is 28.5 Å². The smallest absolute Gasteiger partial charge is 0.256 e. The summed E-state index contributed by atoms with van der Waals surface area (Å²) in [6, 6.07) is 1.34. The van der Waals surface area contributed by atoms with Gasteiger partial charge in [0.2, 0.25) is 0 Å². The maximum absolute atomic E-state index is 13.2. The van der Waals surface area contributed by atoms with Crippen LogP contribution in [0.4, 0.5) is 8.78 Å². The molecule has 0 aromatic carbocycles. The Bertz CT molecular complexity index is 572. The summed E-state index contributed by atoms with van der Waals surface area (Å²) in [4.78, 5) is 16.4. The molecule has 1 aliphatic rings. The van der Waals surface area contributed by atoms with E-state index in [4.69, 9.17) is 11.6 Å². The minimum atomic E-state index is -2.86. The van der Waals surface area contributed by atoms with Crippen molar-refractivity contribution in [1.29, 1.82) is 0 Å². The second kappa shape index (κ2) is 6.36. The highest BCUT2D eigenvalue weighted by Gasteiger charge is 2.47. The van der Waals surface area contributed by atoms with Crippen molar-refractivity contribution in [1.82, 2.24) is 9.99 Å². The first-order valence-corrected chi connectivity index (χ1v) is 7.53. The molecule has 0 aliphatic carbocycles. The number of carbonyl (C=O) groups excluding carboxylic acids is 1. The van der Waals surface area contributed by atoms with Gasteiger partial charge in [-0.25, -0.2) is 13.8 Å². The summed E-state index contributed by atoms with van der Waals surface area (Å²) >= 11 is 8.89. The van der Waals surface area contributed by atoms with Crippen molar-refractivity contribution in [3.63, 3.8) is 0 Å². The Balaban J connectivity index is 2.30. The molecule has 0 bridgehead atoms. The zero-order valence-electron chi connectivity index (χ0n) is 11.1. The van der Waals surface area contributed by atoms with Gasteiger partial charge in [0, 0.05) is 35.4 Å². The standard InChI is InChI=1S/C13H13BrClF2N3O/c1-13(7-15,11(16)17)12(21)20-10(2-3-19-20)8-4-9(14)6-18-5-8/h3-6,10-11H,2,7H2,1H3. The van der Waals surface area contributed by atoms with Crippen molar-refractivity contribution in [2.45, 2.75) is 25.8 Å². The molecule has 2 rings (SSSR count). The Morgan fingerprint density at radius 3 is 2.90 bits per heavy atom. The molecule has 0 spiro atoms. The van der Waals surface area contributed by atoms with Gasteiger partial charge in [-0.2, -0.15) is 5.10 Å². The van der Waals surface area contributed by atoms with Gasteiger partial charge in [0.15, 0.2) is 0 Å². The van der Waals surface area contributed by atoms with Crippen LogP contribution in [0.25, 0.3) is 0 Å². The highest BCUT2D eigenvalue weighted by Crippen LogP contribution is 2.36. The largest absolute Gasteiger partial charge is 0.272 e. The van der Waals surface area contributed by atoms with Gasteiger partial charge >= 0.3 is 0 Å².